The Morgan fingerprint density at radius 2 is 1.76 bits per heavy atom. The third-order valence-electron chi connectivity index (χ3n) is 2.55. The maximum absolute atomic E-state index is 2.42. The second-order valence-electron chi connectivity index (χ2n) is 5.58. The van der Waals surface area contributed by atoms with Crippen LogP contribution in [-0.4, -0.2) is 13.5 Å². The molecule has 1 aromatic heterocycles. The molecule has 0 unspecified atom stereocenters. The molecule has 0 N–H and O–H groups in total. The second-order valence-corrected chi connectivity index (χ2v) is 12.5. The van der Waals surface area contributed by atoms with E-state index in [1.807, 2.05) is 0 Å². The predicted molar refractivity (Wildman–Crippen MR) is 79.9 cm³/mol. The SMILES string of the molecule is C[Si](C)(C)CSC[n+]1cccc2ccccc21. The van der Waals surface area contributed by atoms with Crippen LogP contribution in [0.25, 0.3) is 10.9 Å². The first kappa shape index (κ1) is 12.6. The van der Waals surface area contributed by atoms with Crippen LogP contribution in [0.2, 0.25) is 19.6 Å². The fourth-order valence-electron chi connectivity index (χ4n) is 1.78. The number of benzene rings is 1. The number of rotatable bonds is 4. The molecule has 90 valence electrons. The number of pyridine rings is 1. The average molecular weight is 262 g/mol. The molecule has 0 saturated carbocycles. The fourth-order valence-corrected chi connectivity index (χ4v) is 5.02. The van der Waals surface area contributed by atoms with Crippen LogP contribution in [-0.2, 0) is 5.88 Å². The minimum absolute atomic E-state index is 0.929. The van der Waals surface area contributed by atoms with Crippen molar-refractivity contribution in [2.75, 3.05) is 5.38 Å². The molecule has 2 rings (SSSR count). The molecule has 0 bridgehead atoms. The van der Waals surface area contributed by atoms with Gasteiger partial charge in [-0.1, -0.05) is 43.5 Å². The number of nitrogens with zero attached hydrogens (tertiary/aromatic N) is 1. The lowest BCUT2D eigenvalue weighted by Crippen LogP contribution is -2.34. The molecule has 3 heteroatoms. The van der Waals surface area contributed by atoms with E-state index in [0.717, 1.165) is 5.88 Å². The molecule has 0 radical (unpaired) electrons. The topological polar surface area (TPSA) is 3.88 Å². The van der Waals surface area contributed by atoms with E-state index < -0.39 is 8.07 Å². The van der Waals surface area contributed by atoms with Gasteiger partial charge in [-0.2, -0.15) is 4.57 Å². The van der Waals surface area contributed by atoms with Gasteiger partial charge in [0.05, 0.1) is 8.07 Å². The Hall–Kier alpha value is -0.803. The van der Waals surface area contributed by atoms with Crippen molar-refractivity contribution in [3.8, 4) is 0 Å². The van der Waals surface area contributed by atoms with Gasteiger partial charge in [-0.15, -0.1) is 0 Å². The normalized spacial score (nSPS) is 11.9. The van der Waals surface area contributed by atoms with E-state index in [0.29, 0.717) is 0 Å². The van der Waals surface area contributed by atoms with Crippen molar-refractivity contribution in [1.82, 2.24) is 0 Å². The largest absolute Gasteiger partial charge is 0.213 e. The lowest BCUT2D eigenvalue weighted by atomic mass is 10.2. The quantitative estimate of drug-likeness (QED) is 0.600. The first-order valence-corrected chi connectivity index (χ1v) is 10.9. The van der Waals surface area contributed by atoms with Crippen LogP contribution < -0.4 is 4.57 Å². The molecule has 0 amide bonds. The monoisotopic (exact) mass is 262 g/mol. The van der Waals surface area contributed by atoms with Crippen LogP contribution in [0.3, 0.4) is 0 Å². The molecular formula is C14H20NSSi+. The molecule has 0 aliphatic heterocycles. The van der Waals surface area contributed by atoms with Crippen LogP contribution in [0, 0.1) is 0 Å². The number of hydrogen-bond acceptors (Lipinski definition) is 1. The lowest BCUT2D eigenvalue weighted by molar-refractivity contribution is -0.649. The summed E-state index contributed by atoms with van der Waals surface area (Å²) >= 11 is 2.05. The Kier molecular flexibility index (Phi) is 3.89. The fraction of sp³-hybridized carbons (Fsp3) is 0.357. The highest BCUT2D eigenvalue weighted by Gasteiger charge is 2.15. The molecule has 0 fully saturated rings. The number of fused-ring (bicyclic) bond motifs is 1. The van der Waals surface area contributed by atoms with Crippen LogP contribution in [0.4, 0.5) is 0 Å². The third-order valence-corrected chi connectivity index (χ3v) is 7.29. The zero-order valence-electron chi connectivity index (χ0n) is 10.8. The van der Waals surface area contributed by atoms with Crippen LogP contribution in [0.5, 0.6) is 0 Å². The van der Waals surface area contributed by atoms with E-state index >= 15 is 0 Å². The van der Waals surface area contributed by atoms with Gasteiger partial charge in [0.15, 0.2) is 12.1 Å². The van der Waals surface area contributed by atoms with Gasteiger partial charge in [0.1, 0.15) is 0 Å². The van der Waals surface area contributed by atoms with Crippen molar-refractivity contribution in [2.45, 2.75) is 25.5 Å². The highest BCUT2D eigenvalue weighted by molar-refractivity contribution is 7.99. The molecule has 2 aromatic rings. The second kappa shape index (κ2) is 5.23. The smallest absolute Gasteiger partial charge is 0.189 e. The minimum Gasteiger partial charge on any atom is -0.189 e. The van der Waals surface area contributed by atoms with Gasteiger partial charge in [-0.05, 0) is 17.5 Å². The predicted octanol–water partition coefficient (Wildman–Crippen LogP) is 3.70. The standard InChI is InChI=1S/C14H20NSSi/c1-17(2,3)12-16-11-15-10-6-8-13-7-4-5-9-14(13)15/h4-10H,11-12H2,1-3H3/q+1. The summed E-state index contributed by atoms with van der Waals surface area (Å²) < 4.78 is 2.35. The highest BCUT2D eigenvalue weighted by Crippen LogP contribution is 2.13. The Bertz CT molecular complexity index is 500. The molecule has 0 spiro atoms. The number of hydrogen-bond donors (Lipinski definition) is 0. The van der Waals surface area contributed by atoms with E-state index in [9.17, 15) is 0 Å². The van der Waals surface area contributed by atoms with Crippen molar-refractivity contribution < 1.29 is 4.57 Å². The van der Waals surface area contributed by atoms with E-state index in [1.54, 1.807) is 0 Å². The molecule has 0 aliphatic carbocycles. The van der Waals surface area contributed by atoms with Gasteiger partial charge < -0.3 is 0 Å². The molecule has 0 atom stereocenters. The zero-order chi connectivity index (χ0) is 12.3. The molecule has 17 heavy (non-hydrogen) atoms. The summed E-state index contributed by atoms with van der Waals surface area (Å²) in [6.45, 7) is 7.27. The van der Waals surface area contributed by atoms with Gasteiger partial charge in [-0.3, -0.25) is 0 Å². The summed E-state index contributed by atoms with van der Waals surface area (Å²) in [5.74, 6) is 1.06. The van der Waals surface area contributed by atoms with Gasteiger partial charge in [0.2, 0.25) is 5.52 Å². The van der Waals surface area contributed by atoms with Crippen LogP contribution >= 0.6 is 11.8 Å². The van der Waals surface area contributed by atoms with Crippen LogP contribution in [0.15, 0.2) is 42.6 Å². The van der Waals surface area contributed by atoms with Crippen LogP contribution in [0.1, 0.15) is 0 Å². The first-order chi connectivity index (χ1) is 8.06. The Labute approximate surface area is 109 Å². The summed E-state index contributed by atoms with van der Waals surface area (Å²) in [6.07, 6.45) is 2.18. The van der Waals surface area contributed by atoms with E-state index in [1.165, 1.54) is 16.3 Å². The lowest BCUT2D eigenvalue weighted by Gasteiger charge is -2.13. The van der Waals surface area contributed by atoms with Crippen molar-refractivity contribution in [3.63, 3.8) is 0 Å². The molecule has 1 nitrogen and oxygen atoms in total. The Morgan fingerprint density at radius 1 is 1.06 bits per heavy atom. The van der Waals surface area contributed by atoms with Gasteiger partial charge in [0, 0.05) is 17.5 Å². The van der Waals surface area contributed by atoms with Crippen molar-refractivity contribution in [2.24, 2.45) is 0 Å². The summed E-state index contributed by atoms with van der Waals surface area (Å²) in [5, 5.41) is 2.65. The van der Waals surface area contributed by atoms with E-state index in [4.69, 9.17) is 0 Å². The molecular weight excluding hydrogens is 242 g/mol. The average Bonchev–Trinajstić information content (AvgIpc) is 2.28. The van der Waals surface area contributed by atoms with Crippen molar-refractivity contribution in [3.05, 3.63) is 42.6 Å². The van der Waals surface area contributed by atoms with Gasteiger partial charge in [-0.25, -0.2) is 0 Å². The summed E-state index contributed by atoms with van der Waals surface area (Å²) in [7, 11) is -0.929. The maximum atomic E-state index is 2.42. The van der Waals surface area contributed by atoms with Gasteiger partial charge in [0.25, 0.3) is 0 Å². The molecule has 0 aliphatic rings. The highest BCUT2D eigenvalue weighted by atomic mass is 32.2. The molecule has 0 saturated heterocycles. The number of aromatic nitrogens is 1. The minimum atomic E-state index is -0.929. The van der Waals surface area contributed by atoms with Crippen molar-refractivity contribution in [1.29, 1.82) is 0 Å². The Balaban J connectivity index is 2.13. The van der Waals surface area contributed by atoms with E-state index in [2.05, 4.69) is 78.6 Å². The number of thioether (sulfide) groups is 1. The zero-order valence-corrected chi connectivity index (χ0v) is 12.6. The summed E-state index contributed by atoms with van der Waals surface area (Å²) in [6, 6.07) is 12.9. The maximum Gasteiger partial charge on any atom is 0.213 e. The molecule has 1 aromatic carbocycles. The van der Waals surface area contributed by atoms with Gasteiger partial charge >= 0.3 is 0 Å². The summed E-state index contributed by atoms with van der Waals surface area (Å²) in [4.78, 5) is 0. The Morgan fingerprint density at radius 3 is 2.53 bits per heavy atom. The first-order valence-electron chi connectivity index (χ1n) is 6.01. The molecule has 1 heterocycles. The number of para-hydroxylation sites is 1. The van der Waals surface area contributed by atoms with Crippen molar-refractivity contribution >= 4 is 30.7 Å². The van der Waals surface area contributed by atoms with E-state index in [-0.39, 0.29) is 0 Å². The third kappa shape index (κ3) is 3.58. The summed E-state index contributed by atoms with van der Waals surface area (Å²) in [5.41, 5.74) is 1.33.